The predicted octanol–water partition coefficient (Wildman–Crippen LogP) is 2.34. The molecule has 1 amide bonds. The molecule has 4 rings (SSSR count). The maximum Gasteiger partial charge on any atom is 0.240 e. The van der Waals surface area contributed by atoms with Gasteiger partial charge in [-0.05, 0) is 45.7 Å². The van der Waals surface area contributed by atoms with E-state index in [-0.39, 0.29) is 23.8 Å². The number of pyridine rings is 1. The van der Waals surface area contributed by atoms with Crippen LogP contribution in [0.3, 0.4) is 0 Å². The fourth-order valence-electron chi connectivity index (χ4n) is 3.60. The van der Waals surface area contributed by atoms with Gasteiger partial charge in [0.2, 0.25) is 5.91 Å². The highest BCUT2D eigenvalue weighted by atomic mass is 16.2. The number of amides is 1. The summed E-state index contributed by atoms with van der Waals surface area (Å²) in [4.78, 5) is 39.1. The quantitative estimate of drug-likeness (QED) is 0.851. The number of carbonyl (C=O) groups excluding carboxylic acids is 2. The zero-order valence-corrected chi connectivity index (χ0v) is 15.1. The van der Waals surface area contributed by atoms with Gasteiger partial charge >= 0.3 is 0 Å². The van der Waals surface area contributed by atoms with Gasteiger partial charge in [-0.3, -0.25) is 19.5 Å². The normalized spacial score (nSPS) is 23.3. The second-order valence-corrected chi connectivity index (χ2v) is 7.48. The van der Waals surface area contributed by atoms with Gasteiger partial charge in [-0.1, -0.05) is 0 Å². The summed E-state index contributed by atoms with van der Waals surface area (Å²) in [6.45, 7) is 5.32. The molecule has 7 heteroatoms. The van der Waals surface area contributed by atoms with E-state index in [0.717, 1.165) is 24.4 Å². The number of anilines is 2. The molecule has 1 saturated carbocycles. The Morgan fingerprint density at radius 3 is 2.58 bits per heavy atom. The van der Waals surface area contributed by atoms with E-state index in [1.807, 2.05) is 24.8 Å². The summed E-state index contributed by atoms with van der Waals surface area (Å²) in [6.07, 6.45) is 6.51. The van der Waals surface area contributed by atoms with Crippen molar-refractivity contribution in [3.63, 3.8) is 0 Å². The number of hydrogen-bond acceptors (Lipinski definition) is 6. The summed E-state index contributed by atoms with van der Waals surface area (Å²) in [5.74, 6) is 1.50. The molecule has 1 fully saturated rings. The van der Waals surface area contributed by atoms with E-state index in [9.17, 15) is 9.59 Å². The summed E-state index contributed by atoms with van der Waals surface area (Å²) in [5.41, 5.74) is 0.719. The monoisotopic (exact) mass is 351 g/mol. The summed E-state index contributed by atoms with van der Waals surface area (Å²) in [5, 5.41) is 3.36. The van der Waals surface area contributed by atoms with Crippen molar-refractivity contribution in [3.05, 3.63) is 42.0 Å². The molecule has 26 heavy (non-hydrogen) atoms. The number of hydrogen-bond donors (Lipinski definition) is 1. The SMILES string of the molecule is CC(=O)c1ccc(NC2CC(N3C(=O)C(C)(C)c4nccnc43)C2)nc1. The standard InChI is InChI=1S/C19H21N5O2/c1-11(25)12-4-5-15(22-10-12)23-13-8-14(9-13)24-17-16(20-6-7-21-17)19(2,3)18(24)26/h4-7,10,13-14H,8-9H2,1-3H3,(H,22,23). The third-order valence-electron chi connectivity index (χ3n) is 5.25. The Morgan fingerprint density at radius 1 is 1.19 bits per heavy atom. The van der Waals surface area contributed by atoms with Crippen LogP contribution in [0.2, 0.25) is 0 Å². The first kappa shape index (κ1) is 16.6. The van der Waals surface area contributed by atoms with Crippen LogP contribution in [0.1, 0.15) is 49.7 Å². The Morgan fingerprint density at radius 2 is 1.92 bits per heavy atom. The number of nitrogens with one attached hydrogen (secondary N) is 1. The Balaban J connectivity index is 1.44. The minimum absolute atomic E-state index is 0.00249. The van der Waals surface area contributed by atoms with Crippen molar-refractivity contribution in [3.8, 4) is 0 Å². The Hall–Kier alpha value is -2.83. The summed E-state index contributed by atoms with van der Waals surface area (Å²) >= 11 is 0. The molecule has 0 saturated heterocycles. The first-order valence-electron chi connectivity index (χ1n) is 8.76. The van der Waals surface area contributed by atoms with Crippen LogP contribution in [0.15, 0.2) is 30.7 Å². The highest BCUT2D eigenvalue weighted by molar-refractivity contribution is 6.06. The van der Waals surface area contributed by atoms with Crippen LogP contribution >= 0.6 is 0 Å². The van der Waals surface area contributed by atoms with Crippen molar-refractivity contribution in [2.75, 3.05) is 10.2 Å². The van der Waals surface area contributed by atoms with Gasteiger partial charge in [0, 0.05) is 36.2 Å². The van der Waals surface area contributed by atoms with Crippen LogP contribution in [-0.4, -0.2) is 38.7 Å². The average Bonchev–Trinajstić information content (AvgIpc) is 2.79. The van der Waals surface area contributed by atoms with Crippen molar-refractivity contribution in [1.82, 2.24) is 15.0 Å². The maximum absolute atomic E-state index is 12.9. The van der Waals surface area contributed by atoms with Crippen molar-refractivity contribution in [2.45, 2.75) is 51.1 Å². The van der Waals surface area contributed by atoms with Gasteiger partial charge in [-0.2, -0.15) is 0 Å². The molecule has 2 aromatic heterocycles. The van der Waals surface area contributed by atoms with Gasteiger partial charge in [0.15, 0.2) is 11.6 Å². The van der Waals surface area contributed by atoms with Gasteiger partial charge in [0.1, 0.15) is 5.82 Å². The van der Waals surface area contributed by atoms with E-state index in [2.05, 4.69) is 20.3 Å². The molecule has 0 spiro atoms. The number of Topliss-reactive ketones (excluding diaryl/α,β-unsaturated/α-hetero) is 1. The van der Waals surface area contributed by atoms with E-state index < -0.39 is 5.41 Å². The smallest absolute Gasteiger partial charge is 0.240 e. The summed E-state index contributed by atoms with van der Waals surface area (Å²) in [7, 11) is 0. The fraction of sp³-hybridized carbons (Fsp3) is 0.421. The van der Waals surface area contributed by atoms with Crippen molar-refractivity contribution in [2.24, 2.45) is 0 Å². The zero-order valence-electron chi connectivity index (χ0n) is 15.1. The van der Waals surface area contributed by atoms with Crippen LogP contribution < -0.4 is 10.2 Å². The first-order valence-corrected chi connectivity index (χ1v) is 8.76. The lowest BCUT2D eigenvalue weighted by Crippen LogP contribution is -2.53. The fourth-order valence-corrected chi connectivity index (χ4v) is 3.60. The molecule has 0 aromatic carbocycles. The number of nitrogens with zero attached hydrogens (tertiary/aromatic N) is 4. The Labute approximate surface area is 151 Å². The largest absolute Gasteiger partial charge is 0.367 e. The molecule has 7 nitrogen and oxygen atoms in total. The van der Waals surface area contributed by atoms with Crippen LogP contribution in [0.5, 0.6) is 0 Å². The Kier molecular flexibility index (Phi) is 3.75. The predicted molar refractivity (Wildman–Crippen MR) is 97.2 cm³/mol. The molecule has 134 valence electrons. The average molecular weight is 351 g/mol. The molecule has 0 atom stereocenters. The minimum atomic E-state index is -0.633. The lowest BCUT2D eigenvalue weighted by Gasteiger charge is -2.41. The number of ketones is 1. The lowest BCUT2D eigenvalue weighted by atomic mass is 9.84. The van der Waals surface area contributed by atoms with Crippen molar-refractivity contribution < 1.29 is 9.59 Å². The molecule has 1 aliphatic heterocycles. The second-order valence-electron chi connectivity index (χ2n) is 7.48. The van der Waals surface area contributed by atoms with Gasteiger partial charge in [-0.15, -0.1) is 0 Å². The van der Waals surface area contributed by atoms with Gasteiger partial charge in [0.05, 0.1) is 11.1 Å². The van der Waals surface area contributed by atoms with E-state index in [1.165, 1.54) is 6.92 Å². The molecule has 0 radical (unpaired) electrons. The van der Waals surface area contributed by atoms with E-state index in [4.69, 9.17) is 0 Å². The molecular weight excluding hydrogens is 330 g/mol. The van der Waals surface area contributed by atoms with Crippen molar-refractivity contribution in [1.29, 1.82) is 0 Å². The maximum atomic E-state index is 12.9. The molecule has 1 aliphatic carbocycles. The molecule has 2 aromatic rings. The lowest BCUT2D eigenvalue weighted by molar-refractivity contribution is -0.123. The van der Waals surface area contributed by atoms with E-state index in [0.29, 0.717) is 11.4 Å². The highest BCUT2D eigenvalue weighted by Crippen LogP contribution is 2.43. The third kappa shape index (κ3) is 2.55. The number of rotatable bonds is 4. The van der Waals surface area contributed by atoms with Crippen LogP contribution in [-0.2, 0) is 10.2 Å². The van der Waals surface area contributed by atoms with Gasteiger partial charge < -0.3 is 5.32 Å². The van der Waals surface area contributed by atoms with Crippen LogP contribution in [0.25, 0.3) is 0 Å². The van der Waals surface area contributed by atoms with E-state index in [1.54, 1.807) is 24.7 Å². The number of aromatic nitrogens is 3. The second kappa shape index (κ2) is 5.86. The molecule has 0 bridgehead atoms. The van der Waals surface area contributed by atoms with Crippen molar-refractivity contribution >= 4 is 23.3 Å². The molecule has 0 unspecified atom stereocenters. The minimum Gasteiger partial charge on any atom is -0.367 e. The van der Waals surface area contributed by atoms with Gasteiger partial charge in [-0.25, -0.2) is 9.97 Å². The zero-order chi connectivity index (χ0) is 18.5. The van der Waals surface area contributed by atoms with E-state index >= 15 is 0 Å². The highest BCUT2D eigenvalue weighted by Gasteiger charge is 2.51. The topological polar surface area (TPSA) is 88.1 Å². The molecule has 2 aliphatic rings. The van der Waals surface area contributed by atoms with Crippen LogP contribution in [0.4, 0.5) is 11.6 Å². The number of carbonyl (C=O) groups is 2. The van der Waals surface area contributed by atoms with Crippen LogP contribution in [0, 0.1) is 0 Å². The molecular formula is C19H21N5O2. The third-order valence-corrected chi connectivity index (χ3v) is 5.25. The first-order chi connectivity index (χ1) is 12.4. The number of fused-ring (bicyclic) bond motifs is 1. The summed E-state index contributed by atoms with van der Waals surface area (Å²) < 4.78 is 0. The molecule has 1 N–H and O–H groups in total. The molecule has 3 heterocycles. The summed E-state index contributed by atoms with van der Waals surface area (Å²) in [6, 6.07) is 3.95. The Bertz CT molecular complexity index is 872. The van der Waals surface area contributed by atoms with Gasteiger partial charge in [0.25, 0.3) is 0 Å².